The molecule has 32 heavy (non-hydrogen) atoms. The Morgan fingerprint density at radius 3 is 1.72 bits per heavy atom. The molecule has 5 aromatic carbocycles. The summed E-state index contributed by atoms with van der Waals surface area (Å²) in [4.78, 5) is 4.94. The first-order valence-corrected chi connectivity index (χ1v) is 10.8. The van der Waals surface area contributed by atoms with Gasteiger partial charge in [0, 0.05) is 12.6 Å². The Hall–Kier alpha value is -4.17. The average molecular weight is 411 g/mol. The molecule has 2 heteroatoms. The lowest BCUT2D eigenvalue weighted by Gasteiger charge is -2.16. The lowest BCUT2D eigenvalue weighted by atomic mass is 9.89. The lowest BCUT2D eigenvalue weighted by Crippen LogP contribution is -1.96. The van der Waals surface area contributed by atoms with E-state index in [-0.39, 0.29) is 0 Å². The maximum Gasteiger partial charge on any atom is 0.141 e. The van der Waals surface area contributed by atoms with Crippen LogP contribution in [0.25, 0.3) is 66.6 Å². The molecule has 1 heterocycles. The summed E-state index contributed by atoms with van der Waals surface area (Å²) in [7, 11) is 2.05. The van der Waals surface area contributed by atoms with E-state index in [0.29, 0.717) is 0 Å². The summed E-state index contributed by atoms with van der Waals surface area (Å²) in [6.07, 6.45) is 3.65. The zero-order valence-electron chi connectivity index (χ0n) is 18.0. The van der Waals surface area contributed by atoms with Crippen molar-refractivity contribution in [1.82, 2.24) is 9.55 Å². The monoisotopic (exact) mass is 410 g/mol. The van der Waals surface area contributed by atoms with Crippen LogP contribution in [0, 0.1) is 0 Å². The predicted octanol–water partition coefficient (Wildman–Crippen LogP) is 7.99. The molecule has 0 fully saturated rings. The average Bonchev–Trinajstić information content (AvgIpc) is 3.18. The molecule has 2 nitrogen and oxygen atoms in total. The van der Waals surface area contributed by atoms with Crippen LogP contribution in [0.2, 0.25) is 0 Å². The molecule has 0 saturated heterocycles. The molecule has 0 spiro atoms. The number of benzene rings is 5. The molecular formula is C30H22N2. The highest BCUT2D eigenvalue weighted by Gasteiger charge is 2.18. The van der Waals surface area contributed by atoms with Crippen LogP contribution < -0.4 is 0 Å². The molecule has 0 amide bonds. The van der Waals surface area contributed by atoms with E-state index in [1.807, 2.05) is 13.1 Å². The van der Waals surface area contributed by atoms with Crippen LogP contribution >= 0.6 is 0 Å². The summed E-state index contributed by atoms with van der Waals surface area (Å²) < 4.78 is 2.11. The lowest BCUT2D eigenvalue weighted by molar-refractivity contribution is 0.915. The molecule has 0 radical (unpaired) electrons. The minimum absolute atomic E-state index is 0.852. The Morgan fingerprint density at radius 1 is 0.656 bits per heavy atom. The van der Waals surface area contributed by atoms with Crippen molar-refractivity contribution in [3.8, 4) is 11.4 Å². The Bertz CT molecular complexity index is 1720. The van der Waals surface area contributed by atoms with E-state index in [2.05, 4.69) is 96.6 Å². The molecule has 0 aliphatic heterocycles. The van der Waals surface area contributed by atoms with Crippen molar-refractivity contribution in [2.75, 3.05) is 0 Å². The van der Waals surface area contributed by atoms with Crippen molar-refractivity contribution in [3.05, 3.63) is 103 Å². The number of hydrogen-bond donors (Lipinski definition) is 0. The van der Waals surface area contributed by atoms with Crippen LogP contribution in [0.3, 0.4) is 0 Å². The standard InChI is InChI=1S/C30H22N2/c1-4-27-28(5-2)32(3)30(31-27)26-18-25-21-14-7-6-12-19(21)20-13-8-10-16-23(20)29(25)24-17-11-9-15-22(24)26/h4-18H,1-2H2,3H3. The Labute approximate surface area is 186 Å². The van der Waals surface area contributed by atoms with Gasteiger partial charge < -0.3 is 4.57 Å². The van der Waals surface area contributed by atoms with Gasteiger partial charge in [-0.15, -0.1) is 0 Å². The summed E-state index contributed by atoms with van der Waals surface area (Å²) in [5.74, 6) is 0.921. The minimum atomic E-state index is 0.852. The van der Waals surface area contributed by atoms with Gasteiger partial charge in [0.25, 0.3) is 0 Å². The van der Waals surface area contributed by atoms with Gasteiger partial charge >= 0.3 is 0 Å². The second-order valence-corrected chi connectivity index (χ2v) is 8.16. The first-order chi connectivity index (χ1) is 15.7. The molecule has 0 bridgehead atoms. The largest absolute Gasteiger partial charge is 0.327 e. The molecule has 1 aromatic heterocycles. The second-order valence-electron chi connectivity index (χ2n) is 8.16. The van der Waals surface area contributed by atoms with Crippen LogP contribution in [0.15, 0.2) is 92.0 Å². The number of rotatable bonds is 3. The fraction of sp³-hybridized carbons (Fsp3) is 0.0333. The van der Waals surface area contributed by atoms with Crippen LogP contribution in [-0.2, 0) is 7.05 Å². The van der Waals surface area contributed by atoms with E-state index in [1.165, 1.54) is 43.1 Å². The Balaban J connectivity index is 1.89. The van der Waals surface area contributed by atoms with Crippen molar-refractivity contribution in [2.24, 2.45) is 7.05 Å². The van der Waals surface area contributed by atoms with Crippen molar-refractivity contribution >= 4 is 55.2 Å². The first kappa shape index (κ1) is 18.6. The Kier molecular flexibility index (Phi) is 4.02. The van der Waals surface area contributed by atoms with Crippen molar-refractivity contribution in [2.45, 2.75) is 0 Å². The first-order valence-electron chi connectivity index (χ1n) is 10.8. The second kappa shape index (κ2) is 6.93. The topological polar surface area (TPSA) is 17.8 Å². The van der Waals surface area contributed by atoms with Crippen LogP contribution in [0.5, 0.6) is 0 Å². The molecular weight excluding hydrogens is 388 g/mol. The summed E-state index contributed by atoms with van der Waals surface area (Å²) >= 11 is 0. The smallest absolute Gasteiger partial charge is 0.141 e. The minimum Gasteiger partial charge on any atom is -0.327 e. The van der Waals surface area contributed by atoms with Gasteiger partial charge in [-0.05, 0) is 61.3 Å². The highest BCUT2D eigenvalue weighted by atomic mass is 15.1. The molecule has 6 aromatic rings. The maximum atomic E-state index is 4.94. The van der Waals surface area contributed by atoms with E-state index in [0.717, 1.165) is 22.8 Å². The number of imidazole rings is 1. The van der Waals surface area contributed by atoms with Gasteiger partial charge in [0.05, 0.1) is 11.4 Å². The number of aromatic nitrogens is 2. The van der Waals surface area contributed by atoms with E-state index >= 15 is 0 Å². The van der Waals surface area contributed by atoms with Crippen LogP contribution in [0.4, 0.5) is 0 Å². The van der Waals surface area contributed by atoms with Gasteiger partial charge in [-0.1, -0.05) is 86.0 Å². The number of fused-ring (bicyclic) bond motifs is 8. The van der Waals surface area contributed by atoms with Gasteiger partial charge in [-0.3, -0.25) is 0 Å². The quantitative estimate of drug-likeness (QED) is 0.270. The van der Waals surface area contributed by atoms with Gasteiger partial charge in [-0.25, -0.2) is 4.98 Å². The molecule has 0 atom stereocenters. The summed E-state index contributed by atoms with van der Waals surface area (Å²) in [6, 6.07) is 28.4. The number of hydrogen-bond acceptors (Lipinski definition) is 1. The normalized spacial score (nSPS) is 11.5. The molecule has 0 unspecified atom stereocenters. The third-order valence-corrected chi connectivity index (χ3v) is 6.54. The molecule has 0 saturated carbocycles. The highest BCUT2D eigenvalue weighted by Crippen LogP contribution is 2.42. The molecule has 0 N–H and O–H groups in total. The van der Waals surface area contributed by atoms with E-state index in [9.17, 15) is 0 Å². The van der Waals surface area contributed by atoms with Crippen LogP contribution in [-0.4, -0.2) is 9.55 Å². The van der Waals surface area contributed by atoms with E-state index < -0.39 is 0 Å². The SMILES string of the molecule is C=Cc1nc(-c2cc3c4ccccc4c4ccccc4c3c3ccccc23)n(C)c1C=C. The Morgan fingerprint density at radius 2 is 1.16 bits per heavy atom. The maximum absolute atomic E-state index is 4.94. The fourth-order valence-electron chi connectivity index (χ4n) is 5.12. The van der Waals surface area contributed by atoms with Crippen molar-refractivity contribution in [3.63, 3.8) is 0 Å². The van der Waals surface area contributed by atoms with Gasteiger partial charge in [-0.2, -0.15) is 0 Å². The highest BCUT2D eigenvalue weighted by molar-refractivity contribution is 6.32. The van der Waals surface area contributed by atoms with Gasteiger partial charge in [0.1, 0.15) is 5.82 Å². The van der Waals surface area contributed by atoms with E-state index in [1.54, 1.807) is 6.08 Å². The molecule has 0 aliphatic rings. The number of nitrogens with zero attached hydrogens (tertiary/aromatic N) is 2. The molecule has 152 valence electrons. The summed E-state index contributed by atoms with van der Waals surface area (Å²) in [5, 5.41) is 10.1. The third kappa shape index (κ3) is 2.44. The molecule has 0 aliphatic carbocycles. The zero-order chi connectivity index (χ0) is 21.8. The third-order valence-electron chi connectivity index (χ3n) is 6.54. The summed E-state index contributed by atoms with van der Waals surface area (Å²) in [5.41, 5.74) is 2.94. The zero-order valence-corrected chi connectivity index (χ0v) is 18.0. The van der Waals surface area contributed by atoms with Crippen LogP contribution in [0.1, 0.15) is 11.4 Å². The van der Waals surface area contributed by atoms with Gasteiger partial charge in [0.2, 0.25) is 0 Å². The van der Waals surface area contributed by atoms with Crippen molar-refractivity contribution < 1.29 is 0 Å². The summed E-state index contributed by atoms with van der Waals surface area (Å²) in [6.45, 7) is 7.94. The van der Waals surface area contributed by atoms with E-state index in [4.69, 9.17) is 4.98 Å². The fourth-order valence-corrected chi connectivity index (χ4v) is 5.12. The molecule has 6 rings (SSSR count). The van der Waals surface area contributed by atoms with Gasteiger partial charge in [0.15, 0.2) is 0 Å². The van der Waals surface area contributed by atoms with Crippen molar-refractivity contribution in [1.29, 1.82) is 0 Å². The predicted molar refractivity (Wildman–Crippen MR) is 139 cm³/mol.